The van der Waals surface area contributed by atoms with Crippen LogP contribution in [0.15, 0.2) is 34.9 Å². The molecule has 1 aromatic heterocycles. The average Bonchev–Trinajstić information content (AvgIpc) is 2.96. The number of nitrogens with one attached hydrogen (secondary N) is 1. The topological polar surface area (TPSA) is 81.2 Å². The van der Waals surface area contributed by atoms with E-state index in [9.17, 15) is 9.18 Å². The summed E-state index contributed by atoms with van der Waals surface area (Å²) in [6.07, 6.45) is 2.74. The maximum atomic E-state index is 12.9. The molecule has 7 heteroatoms. The number of oxazole rings is 1. The number of aromatic nitrogens is 1. The third kappa shape index (κ3) is 5.94. The van der Waals surface area contributed by atoms with E-state index >= 15 is 0 Å². The average molecular weight is 356 g/mol. The van der Waals surface area contributed by atoms with Gasteiger partial charge < -0.3 is 15.5 Å². The maximum Gasteiger partial charge on any atom is 0.236 e. The van der Waals surface area contributed by atoms with Gasteiger partial charge in [-0.25, -0.2) is 9.37 Å². The summed E-state index contributed by atoms with van der Waals surface area (Å²) in [5, 5.41) is 2.80. The molecule has 2 aromatic rings. The molecule has 0 saturated carbocycles. The minimum Gasteiger partial charge on any atom is -0.444 e. The van der Waals surface area contributed by atoms with Crippen LogP contribution >= 0.6 is 12.4 Å². The molecule has 0 saturated heterocycles. The lowest BCUT2D eigenvalue weighted by Gasteiger charge is -2.13. The highest BCUT2D eigenvalue weighted by molar-refractivity contribution is 5.85. The predicted molar refractivity (Wildman–Crippen MR) is 93.3 cm³/mol. The third-order valence-corrected chi connectivity index (χ3v) is 3.39. The Hall–Kier alpha value is -1.92. The Labute approximate surface area is 147 Å². The molecular weight excluding hydrogens is 333 g/mol. The maximum absolute atomic E-state index is 12.9. The van der Waals surface area contributed by atoms with Gasteiger partial charge in [0.2, 0.25) is 11.8 Å². The minimum absolute atomic E-state index is 0. The van der Waals surface area contributed by atoms with E-state index in [0.717, 1.165) is 5.69 Å². The molecule has 0 unspecified atom stereocenters. The lowest BCUT2D eigenvalue weighted by atomic mass is 10.0. The zero-order chi connectivity index (χ0) is 16.8. The fourth-order valence-electron chi connectivity index (χ4n) is 2.21. The van der Waals surface area contributed by atoms with Crippen molar-refractivity contribution in [2.24, 2.45) is 11.7 Å². The van der Waals surface area contributed by atoms with Gasteiger partial charge in [0.15, 0.2) is 0 Å². The molecule has 0 spiro atoms. The van der Waals surface area contributed by atoms with Gasteiger partial charge in [0.05, 0.1) is 11.7 Å². The van der Waals surface area contributed by atoms with E-state index in [1.54, 1.807) is 18.4 Å². The van der Waals surface area contributed by atoms with Crippen LogP contribution in [0, 0.1) is 11.7 Å². The summed E-state index contributed by atoms with van der Waals surface area (Å²) < 4.78 is 18.3. The van der Waals surface area contributed by atoms with Crippen molar-refractivity contribution >= 4 is 18.3 Å². The van der Waals surface area contributed by atoms with Gasteiger partial charge in [-0.2, -0.15) is 0 Å². The summed E-state index contributed by atoms with van der Waals surface area (Å²) >= 11 is 0. The van der Waals surface area contributed by atoms with Crippen molar-refractivity contribution in [3.63, 3.8) is 0 Å². The van der Waals surface area contributed by atoms with E-state index in [0.29, 0.717) is 36.8 Å². The lowest BCUT2D eigenvalue weighted by molar-refractivity contribution is -0.122. The first-order valence-corrected chi connectivity index (χ1v) is 7.69. The lowest BCUT2D eigenvalue weighted by Crippen LogP contribution is -2.42. The van der Waals surface area contributed by atoms with Crippen molar-refractivity contribution in [1.82, 2.24) is 10.3 Å². The molecule has 3 N–H and O–H groups in total. The molecule has 0 bridgehead atoms. The van der Waals surface area contributed by atoms with Crippen LogP contribution in [0.25, 0.3) is 11.5 Å². The van der Waals surface area contributed by atoms with Crippen LogP contribution in [0.4, 0.5) is 4.39 Å². The summed E-state index contributed by atoms with van der Waals surface area (Å²) in [6.45, 7) is 4.50. The first-order valence-electron chi connectivity index (χ1n) is 7.69. The Morgan fingerprint density at radius 2 is 2.00 bits per heavy atom. The van der Waals surface area contributed by atoms with E-state index in [-0.39, 0.29) is 24.1 Å². The summed E-state index contributed by atoms with van der Waals surface area (Å²) in [5.41, 5.74) is 7.25. The second-order valence-corrected chi connectivity index (χ2v) is 5.93. The summed E-state index contributed by atoms with van der Waals surface area (Å²) in [4.78, 5) is 16.1. The molecule has 0 aliphatic heterocycles. The monoisotopic (exact) mass is 355 g/mol. The van der Waals surface area contributed by atoms with Crippen LogP contribution < -0.4 is 11.1 Å². The molecule has 5 nitrogen and oxygen atoms in total. The van der Waals surface area contributed by atoms with E-state index in [1.807, 2.05) is 13.8 Å². The Balaban J connectivity index is 0.00000288. The van der Waals surface area contributed by atoms with Crippen LogP contribution in [-0.4, -0.2) is 23.5 Å². The molecule has 0 fully saturated rings. The number of amides is 1. The van der Waals surface area contributed by atoms with Gasteiger partial charge in [0.25, 0.3) is 0 Å². The number of carbonyl (C=O) groups is 1. The number of hydrogen-bond donors (Lipinski definition) is 2. The highest BCUT2D eigenvalue weighted by Crippen LogP contribution is 2.18. The van der Waals surface area contributed by atoms with Gasteiger partial charge >= 0.3 is 0 Å². The van der Waals surface area contributed by atoms with Gasteiger partial charge in [-0.05, 0) is 36.6 Å². The Kier molecular flexibility index (Phi) is 7.88. The molecule has 0 radical (unpaired) electrons. The van der Waals surface area contributed by atoms with Crippen LogP contribution in [0.3, 0.4) is 0 Å². The minimum atomic E-state index is -0.484. The molecule has 1 aromatic carbocycles. The molecule has 1 heterocycles. The van der Waals surface area contributed by atoms with Gasteiger partial charge in [0, 0.05) is 18.5 Å². The number of halogens is 2. The van der Waals surface area contributed by atoms with Gasteiger partial charge in [-0.1, -0.05) is 13.8 Å². The largest absolute Gasteiger partial charge is 0.444 e. The highest BCUT2D eigenvalue weighted by Gasteiger charge is 2.14. The third-order valence-electron chi connectivity index (χ3n) is 3.39. The van der Waals surface area contributed by atoms with Crippen LogP contribution in [-0.2, 0) is 11.2 Å². The fraction of sp³-hybridized carbons (Fsp3) is 0.412. The second kappa shape index (κ2) is 9.39. The summed E-state index contributed by atoms with van der Waals surface area (Å²) in [5.74, 6) is 0.356. The van der Waals surface area contributed by atoms with E-state index in [4.69, 9.17) is 10.2 Å². The quantitative estimate of drug-likeness (QED) is 0.800. The summed E-state index contributed by atoms with van der Waals surface area (Å²) in [6, 6.07) is 5.45. The Bertz CT molecular complexity index is 644. The fourth-order valence-corrected chi connectivity index (χ4v) is 2.21. The smallest absolute Gasteiger partial charge is 0.236 e. The van der Waals surface area contributed by atoms with Crippen molar-refractivity contribution in [2.75, 3.05) is 6.54 Å². The van der Waals surface area contributed by atoms with Crippen molar-refractivity contribution in [1.29, 1.82) is 0 Å². The van der Waals surface area contributed by atoms with Crippen LogP contribution in [0.5, 0.6) is 0 Å². The van der Waals surface area contributed by atoms with E-state index in [2.05, 4.69) is 10.3 Å². The SMILES string of the molecule is CC(C)C[C@H](N)C(=O)NCCc1coc(-c2ccc(F)cc2)n1.Cl. The molecule has 0 aliphatic rings. The first-order chi connectivity index (χ1) is 11.0. The predicted octanol–water partition coefficient (Wildman–Crippen LogP) is 2.93. The normalized spacial score (nSPS) is 11.9. The standard InChI is InChI=1S/C17H22FN3O2.ClH/c1-11(2)9-15(19)16(22)20-8-7-14-10-23-17(21-14)12-3-5-13(18)6-4-12;/h3-6,10-11,15H,7-9,19H2,1-2H3,(H,20,22);1H/t15-;/m0./s1. The number of hydrogen-bond acceptors (Lipinski definition) is 4. The van der Waals surface area contributed by atoms with Crippen LogP contribution in [0.1, 0.15) is 26.0 Å². The van der Waals surface area contributed by atoms with Crippen molar-refractivity contribution in [3.8, 4) is 11.5 Å². The Morgan fingerprint density at radius 3 is 2.62 bits per heavy atom. The molecule has 0 aliphatic carbocycles. The number of nitrogens with two attached hydrogens (primary N) is 1. The van der Waals surface area contributed by atoms with Crippen molar-refractivity contribution in [3.05, 3.63) is 42.0 Å². The van der Waals surface area contributed by atoms with Gasteiger partial charge in [-0.3, -0.25) is 4.79 Å². The zero-order valence-corrected chi connectivity index (χ0v) is 14.6. The highest BCUT2D eigenvalue weighted by atomic mass is 35.5. The number of benzene rings is 1. The zero-order valence-electron chi connectivity index (χ0n) is 13.8. The molecule has 1 atom stereocenters. The van der Waals surface area contributed by atoms with Gasteiger partial charge in [-0.15, -0.1) is 12.4 Å². The summed E-state index contributed by atoms with van der Waals surface area (Å²) in [7, 11) is 0. The van der Waals surface area contributed by atoms with E-state index < -0.39 is 6.04 Å². The van der Waals surface area contributed by atoms with Crippen LogP contribution in [0.2, 0.25) is 0 Å². The number of rotatable bonds is 7. The number of carbonyl (C=O) groups excluding carboxylic acids is 1. The molecule has 132 valence electrons. The van der Waals surface area contributed by atoms with Crippen molar-refractivity contribution in [2.45, 2.75) is 32.7 Å². The Morgan fingerprint density at radius 1 is 1.33 bits per heavy atom. The van der Waals surface area contributed by atoms with Gasteiger partial charge in [0.1, 0.15) is 12.1 Å². The second-order valence-electron chi connectivity index (χ2n) is 5.93. The molecule has 2 rings (SSSR count). The first kappa shape index (κ1) is 20.1. The van der Waals surface area contributed by atoms with E-state index in [1.165, 1.54) is 12.1 Å². The molecular formula is C17H23ClFN3O2. The molecule has 24 heavy (non-hydrogen) atoms. The number of nitrogens with zero attached hydrogens (tertiary/aromatic N) is 1. The molecule has 1 amide bonds. The van der Waals surface area contributed by atoms with Crippen molar-refractivity contribution < 1.29 is 13.6 Å².